The van der Waals surface area contributed by atoms with E-state index in [1.54, 1.807) is 4.90 Å². The van der Waals surface area contributed by atoms with Crippen LogP contribution < -0.4 is 9.64 Å². The zero-order valence-electron chi connectivity index (χ0n) is 22.6. The predicted octanol–water partition coefficient (Wildman–Crippen LogP) is 4.47. The molecule has 2 aromatic heterocycles. The number of carbonyl (C=O) groups is 1. The summed E-state index contributed by atoms with van der Waals surface area (Å²) in [7, 11) is 0. The summed E-state index contributed by atoms with van der Waals surface area (Å²) in [6, 6.07) is 0.0494. The first-order valence-electron chi connectivity index (χ1n) is 13.8. The summed E-state index contributed by atoms with van der Waals surface area (Å²) >= 11 is 6.02. The third kappa shape index (κ3) is 5.19. The zero-order chi connectivity index (χ0) is 27.5. The summed E-state index contributed by atoms with van der Waals surface area (Å²) in [5.74, 6) is 0.223. The van der Waals surface area contributed by atoms with Gasteiger partial charge in [-0.3, -0.25) is 4.90 Å². The van der Waals surface area contributed by atoms with Crippen LogP contribution in [0.2, 0.25) is 5.15 Å². The van der Waals surface area contributed by atoms with Crippen molar-refractivity contribution < 1.29 is 23.0 Å². The number of hydrogen-bond donors (Lipinski definition) is 0. The fraction of sp³-hybridized carbons (Fsp3) is 0.704. The molecule has 212 valence electrons. The predicted molar refractivity (Wildman–Crippen MR) is 142 cm³/mol. The quantitative estimate of drug-likeness (QED) is 0.503. The van der Waals surface area contributed by atoms with Crippen molar-refractivity contribution in [2.24, 2.45) is 11.8 Å². The van der Waals surface area contributed by atoms with Crippen LogP contribution in [0.5, 0.6) is 6.01 Å². The highest BCUT2D eigenvalue weighted by atomic mass is 35.5. The Morgan fingerprint density at radius 3 is 2.64 bits per heavy atom. The molecule has 2 bridgehead atoms. The second kappa shape index (κ2) is 9.83. The van der Waals surface area contributed by atoms with Gasteiger partial charge in [0.1, 0.15) is 29.7 Å². The van der Waals surface area contributed by atoms with Crippen molar-refractivity contribution in [3.05, 3.63) is 17.2 Å². The second-order valence-electron chi connectivity index (χ2n) is 12.6. The lowest BCUT2D eigenvalue weighted by atomic mass is 9.84. The van der Waals surface area contributed by atoms with Gasteiger partial charge in [-0.2, -0.15) is 9.97 Å². The molecule has 2 aromatic rings. The van der Waals surface area contributed by atoms with E-state index < -0.39 is 17.6 Å². The first-order chi connectivity index (χ1) is 18.5. The van der Waals surface area contributed by atoms with E-state index in [-0.39, 0.29) is 46.8 Å². The molecule has 0 N–H and O–H groups in total. The summed E-state index contributed by atoms with van der Waals surface area (Å²) < 4.78 is 41.1. The van der Waals surface area contributed by atoms with Gasteiger partial charge in [-0.1, -0.05) is 11.6 Å². The van der Waals surface area contributed by atoms with Crippen LogP contribution in [0.4, 0.5) is 19.4 Å². The molecule has 1 amide bonds. The maximum atomic E-state index is 15.2. The van der Waals surface area contributed by atoms with Gasteiger partial charge < -0.3 is 19.3 Å². The lowest BCUT2D eigenvalue weighted by Crippen LogP contribution is -2.55. The molecule has 6 rings (SSSR count). The summed E-state index contributed by atoms with van der Waals surface area (Å²) in [5.41, 5.74) is -0.875. The minimum atomic E-state index is -0.877. The topological polar surface area (TPSA) is 83.9 Å². The largest absolute Gasteiger partial charge is 0.461 e. The number of aromatic nitrogens is 3. The van der Waals surface area contributed by atoms with E-state index in [1.807, 2.05) is 20.8 Å². The standard InChI is InChI=1S/C27H35ClF2N6O3/c1-26(2,3)39-25(37)35-12-16-7-17(13-35)11-34(10-16)23-19-9-31-22(28)20(30)21(19)32-24(33-23)38-15-27-5-4-6-36(27)14-18(29)8-27/h9,16-18H,4-8,10-15H2,1-3H3/t16?,17?,18-,27+/m1/s1. The van der Waals surface area contributed by atoms with Crippen molar-refractivity contribution in [1.82, 2.24) is 24.8 Å². The Kier molecular flexibility index (Phi) is 6.73. The number of pyridine rings is 1. The number of halogens is 3. The van der Waals surface area contributed by atoms with Crippen molar-refractivity contribution in [2.75, 3.05) is 50.8 Å². The maximum Gasteiger partial charge on any atom is 0.410 e. The van der Waals surface area contributed by atoms with E-state index in [0.29, 0.717) is 50.3 Å². The number of alkyl halides is 1. The van der Waals surface area contributed by atoms with Crippen LogP contribution >= 0.6 is 11.6 Å². The number of carbonyl (C=O) groups excluding carboxylic acids is 1. The first-order valence-corrected chi connectivity index (χ1v) is 14.1. The molecule has 6 heterocycles. The van der Waals surface area contributed by atoms with Crippen LogP contribution in [0.3, 0.4) is 0 Å². The molecule has 4 atom stereocenters. The minimum absolute atomic E-state index is 0.0494. The van der Waals surface area contributed by atoms with Crippen LogP contribution in [0.1, 0.15) is 46.5 Å². The average Bonchev–Trinajstić information content (AvgIpc) is 3.38. The molecule has 4 aliphatic heterocycles. The number of ether oxygens (including phenoxy) is 2. The molecule has 4 fully saturated rings. The Labute approximate surface area is 231 Å². The van der Waals surface area contributed by atoms with Gasteiger partial charge in [0.15, 0.2) is 11.0 Å². The van der Waals surface area contributed by atoms with E-state index in [9.17, 15) is 9.18 Å². The molecule has 0 spiro atoms. The van der Waals surface area contributed by atoms with E-state index in [1.165, 1.54) is 6.20 Å². The second-order valence-corrected chi connectivity index (χ2v) is 12.9. The summed E-state index contributed by atoms with van der Waals surface area (Å²) in [5, 5.41) is 0.191. The number of nitrogens with zero attached hydrogens (tertiary/aromatic N) is 6. The average molecular weight is 565 g/mol. The molecule has 12 heteroatoms. The van der Waals surface area contributed by atoms with Crippen LogP contribution in [0.25, 0.3) is 10.9 Å². The van der Waals surface area contributed by atoms with E-state index in [2.05, 4.69) is 19.8 Å². The monoisotopic (exact) mass is 564 g/mol. The Hall–Kier alpha value is -2.53. The normalized spacial score (nSPS) is 29.1. The number of piperidine rings is 2. The number of fused-ring (bicyclic) bond motifs is 4. The van der Waals surface area contributed by atoms with Crippen LogP contribution in [-0.4, -0.2) is 94.0 Å². The Balaban J connectivity index is 1.26. The Morgan fingerprint density at radius 1 is 1.18 bits per heavy atom. The number of anilines is 1. The molecule has 0 radical (unpaired) electrons. The van der Waals surface area contributed by atoms with Crippen molar-refractivity contribution >= 4 is 34.4 Å². The summed E-state index contributed by atoms with van der Waals surface area (Å²) in [4.78, 5) is 31.9. The van der Waals surface area contributed by atoms with Gasteiger partial charge >= 0.3 is 12.1 Å². The Morgan fingerprint density at radius 2 is 1.92 bits per heavy atom. The molecule has 4 saturated heterocycles. The minimum Gasteiger partial charge on any atom is -0.461 e. The molecule has 39 heavy (non-hydrogen) atoms. The van der Waals surface area contributed by atoms with Crippen molar-refractivity contribution in [3.63, 3.8) is 0 Å². The van der Waals surface area contributed by atoms with Crippen molar-refractivity contribution in [3.8, 4) is 6.01 Å². The third-order valence-corrected chi connectivity index (χ3v) is 8.63. The zero-order valence-corrected chi connectivity index (χ0v) is 23.4. The van der Waals surface area contributed by atoms with Gasteiger partial charge in [-0.05, 0) is 58.4 Å². The highest BCUT2D eigenvalue weighted by molar-refractivity contribution is 6.30. The smallest absolute Gasteiger partial charge is 0.410 e. The highest BCUT2D eigenvalue weighted by Crippen LogP contribution is 2.41. The van der Waals surface area contributed by atoms with Crippen molar-refractivity contribution in [2.45, 2.75) is 63.8 Å². The highest BCUT2D eigenvalue weighted by Gasteiger charge is 2.49. The van der Waals surface area contributed by atoms with Crippen LogP contribution in [0.15, 0.2) is 6.20 Å². The Bertz CT molecular complexity index is 1260. The molecule has 0 aromatic carbocycles. The number of hydrogen-bond acceptors (Lipinski definition) is 8. The molecular formula is C27H35ClF2N6O3. The first kappa shape index (κ1) is 26.7. The van der Waals surface area contributed by atoms with Crippen molar-refractivity contribution in [1.29, 1.82) is 0 Å². The fourth-order valence-corrected chi connectivity index (χ4v) is 7.02. The number of likely N-dealkylation sites (tertiary alicyclic amines) is 1. The van der Waals surface area contributed by atoms with Gasteiger partial charge in [-0.15, -0.1) is 0 Å². The van der Waals surface area contributed by atoms with Gasteiger partial charge in [0, 0.05) is 45.3 Å². The molecule has 2 unspecified atom stereocenters. The van der Waals surface area contributed by atoms with E-state index >= 15 is 4.39 Å². The summed E-state index contributed by atoms with van der Waals surface area (Å²) in [6.07, 6.45) is 3.58. The SMILES string of the molecule is CC(C)(C)OC(=O)N1CC2CC(C1)CN(c1nc(OC[C@@]34CCCN3C[C@H](F)C4)nc3c(F)c(Cl)ncc13)C2. The summed E-state index contributed by atoms with van der Waals surface area (Å²) in [6.45, 7) is 9.52. The van der Waals surface area contributed by atoms with Crippen LogP contribution in [0, 0.1) is 17.7 Å². The van der Waals surface area contributed by atoms with Gasteiger partial charge in [0.05, 0.1) is 10.9 Å². The van der Waals surface area contributed by atoms with Gasteiger partial charge in [0.25, 0.3) is 0 Å². The maximum absolute atomic E-state index is 15.2. The number of rotatable bonds is 4. The number of amides is 1. The lowest BCUT2D eigenvalue weighted by Gasteiger charge is -2.46. The lowest BCUT2D eigenvalue weighted by molar-refractivity contribution is 0.00759. The molecule has 0 saturated carbocycles. The van der Waals surface area contributed by atoms with Gasteiger partial charge in [0.2, 0.25) is 0 Å². The van der Waals surface area contributed by atoms with Crippen LogP contribution in [-0.2, 0) is 4.74 Å². The molecule has 0 aliphatic carbocycles. The third-order valence-electron chi connectivity index (χ3n) is 8.36. The van der Waals surface area contributed by atoms with E-state index in [0.717, 1.165) is 25.8 Å². The molecule has 9 nitrogen and oxygen atoms in total. The molecule has 4 aliphatic rings. The van der Waals surface area contributed by atoms with E-state index in [4.69, 9.17) is 26.1 Å². The molecular weight excluding hydrogens is 530 g/mol. The van der Waals surface area contributed by atoms with Gasteiger partial charge in [-0.25, -0.2) is 18.6 Å². The fourth-order valence-electron chi connectivity index (χ4n) is 6.88.